The first kappa shape index (κ1) is 18.5. The van der Waals surface area contributed by atoms with E-state index < -0.39 is 4.92 Å². The van der Waals surface area contributed by atoms with Crippen molar-refractivity contribution in [2.24, 2.45) is 0 Å². The summed E-state index contributed by atoms with van der Waals surface area (Å²) in [4.78, 5) is 22.1. The first-order valence-electron chi connectivity index (χ1n) is 7.46. The fraction of sp³-hybridized carbons (Fsp3) is 0.235. The maximum atomic E-state index is 11.9. The Morgan fingerprint density at radius 2 is 2.04 bits per heavy atom. The van der Waals surface area contributed by atoms with Crippen LogP contribution in [0.2, 0.25) is 5.02 Å². The Balaban J connectivity index is 1.85. The summed E-state index contributed by atoms with van der Waals surface area (Å²) in [7, 11) is 1.42. The predicted octanol–water partition coefficient (Wildman–Crippen LogP) is 2.99. The molecule has 25 heavy (non-hydrogen) atoms. The molecule has 2 rings (SSSR count). The number of nitro benzene ring substituents is 1. The van der Waals surface area contributed by atoms with Gasteiger partial charge in [0.25, 0.3) is 11.6 Å². The zero-order valence-electron chi connectivity index (χ0n) is 13.5. The molecule has 2 aromatic carbocycles. The molecule has 0 aromatic heterocycles. The summed E-state index contributed by atoms with van der Waals surface area (Å²) in [5.41, 5.74) is 0.867. The van der Waals surface area contributed by atoms with Crippen LogP contribution in [0.25, 0.3) is 0 Å². The average molecular weight is 365 g/mol. The number of non-ortho nitro benzene ring substituents is 1. The van der Waals surface area contributed by atoms with Gasteiger partial charge < -0.3 is 14.8 Å². The lowest BCUT2D eigenvalue weighted by molar-refractivity contribution is -0.385. The zero-order chi connectivity index (χ0) is 18.2. The second-order valence-electron chi connectivity index (χ2n) is 5.11. The minimum absolute atomic E-state index is 0.140. The lowest BCUT2D eigenvalue weighted by atomic mass is 10.1. The van der Waals surface area contributed by atoms with E-state index in [9.17, 15) is 14.9 Å². The summed E-state index contributed by atoms with van der Waals surface area (Å²) in [6, 6.07) is 11.3. The second kappa shape index (κ2) is 8.89. The molecule has 2 aromatic rings. The van der Waals surface area contributed by atoms with E-state index in [1.807, 2.05) is 18.2 Å². The number of nitrogens with one attached hydrogen (secondary N) is 1. The summed E-state index contributed by atoms with van der Waals surface area (Å²) in [5, 5.41) is 14.2. The Bertz CT molecular complexity index is 766. The van der Waals surface area contributed by atoms with Crippen LogP contribution >= 0.6 is 11.6 Å². The van der Waals surface area contributed by atoms with Gasteiger partial charge in [0.2, 0.25) is 0 Å². The van der Waals surface area contributed by atoms with Gasteiger partial charge in [0.1, 0.15) is 0 Å². The largest absolute Gasteiger partial charge is 0.493 e. The van der Waals surface area contributed by atoms with Crippen molar-refractivity contribution < 1.29 is 19.2 Å². The van der Waals surface area contributed by atoms with Crippen molar-refractivity contribution in [3.63, 3.8) is 0 Å². The van der Waals surface area contributed by atoms with Gasteiger partial charge in [-0.05, 0) is 30.2 Å². The van der Waals surface area contributed by atoms with E-state index in [1.165, 1.54) is 25.3 Å². The quantitative estimate of drug-likeness (QED) is 0.574. The summed E-state index contributed by atoms with van der Waals surface area (Å²) in [6.07, 6.45) is 0.631. The van der Waals surface area contributed by atoms with Gasteiger partial charge in [0.15, 0.2) is 18.1 Å². The Labute approximate surface area is 149 Å². The van der Waals surface area contributed by atoms with Gasteiger partial charge in [0.05, 0.1) is 18.1 Å². The highest BCUT2D eigenvalue weighted by atomic mass is 35.5. The van der Waals surface area contributed by atoms with Crippen molar-refractivity contribution in [1.29, 1.82) is 0 Å². The highest BCUT2D eigenvalue weighted by Crippen LogP contribution is 2.30. The van der Waals surface area contributed by atoms with Crippen molar-refractivity contribution in [1.82, 2.24) is 5.32 Å². The number of ether oxygens (including phenoxy) is 2. The topological polar surface area (TPSA) is 90.7 Å². The molecule has 0 heterocycles. The van der Waals surface area contributed by atoms with Crippen LogP contribution in [0.1, 0.15) is 5.56 Å². The lowest BCUT2D eigenvalue weighted by Crippen LogP contribution is -2.30. The van der Waals surface area contributed by atoms with Crippen LogP contribution in [-0.4, -0.2) is 31.1 Å². The van der Waals surface area contributed by atoms with E-state index in [4.69, 9.17) is 21.1 Å². The first-order valence-corrected chi connectivity index (χ1v) is 7.84. The first-order chi connectivity index (χ1) is 12.0. The molecular formula is C17H17ClN2O5. The number of benzene rings is 2. The van der Waals surface area contributed by atoms with Crippen LogP contribution in [0.3, 0.4) is 0 Å². The molecule has 7 nitrogen and oxygen atoms in total. The van der Waals surface area contributed by atoms with Gasteiger partial charge in [-0.2, -0.15) is 0 Å². The smallest absolute Gasteiger partial charge is 0.273 e. The van der Waals surface area contributed by atoms with Crippen molar-refractivity contribution >= 4 is 23.2 Å². The van der Waals surface area contributed by atoms with Crippen molar-refractivity contribution in [2.45, 2.75) is 6.42 Å². The van der Waals surface area contributed by atoms with Gasteiger partial charge in [-0.3, -0.25) is 14.9 Å². The molecule has 0 atom stereocenters. The van der Waals surface area contributed by atoms with E-state index in [-0.39, 0.29) is 24.0 Å². The van der Waals surface area contributed by atoms with Gasteiger partial charge in [0, 0.05) is 17.6 Å². The number of nitro groups is 1. The number of hydrogen-bond donors (Lipinski definition) is 1. The lowest BCUT2D eigenvalue weighted by Gasteiger charge is -2.10. The number of carbonyl (C=O) groups excluding carboxylic acids is 1. The van der Waals surface area contributed by atoms with Crippen molar-refractivity contribution in [2.75, 3.05) is 20.3 Å². The predicted molar refractivity (Wildman–Crippen MR) is 93.3 cm³/mol. The fourth-order valence-corrected chi connectivity index (χ4v) is 2.34. The molecule has 0 bridgehead atoms. The van der Waals surface area contributed by atoms with E-state index in [1.54, 1.807) is 6.07 Å². The minimum atomic E-state index is -0.544. The summed E-state index contributed by atoms with van der Waals surface area (Å²) < 4.78 is 10.4. The molecule has 0 saturated heterocycles. The minimum Gasteiger partial charge on any atom is -0.493 e. The number of methoxy groups -OCH3 is 1. The number of hydrogen-bond acceptors (Lipinski definition) is 5. The highest BCUT2D eigenvalue weighted by Gasteiger charge is 2.13. The van der Waals surface area contributed by atoms with Gasteiger partial charge in [-0.25, -0.2) is 0 Å². The van der Waals surface area contributed by atoms with Crippen LogP contribution in [0, 0.1) is 10.1 Å². The molecule has 0 aliphatic carbocycles. The average Bonchev–Trinajstić information content (AvgIpc) is 2.59. The molecule has 0 radical (unpaired) electrons. The van der Waals surface area contributed by atoms with Crippen molar-refractivity contribution in [3.8, 4) is 11.5 Å². The molecule has 0 aliphatic rings. The number of amides is 1. The zero-order valence-corrected chi connectivity index (χ0v) is 14.3. The molecule has 0 aliphatic heterocycles. The fourth-order valence-electron chi connectivity index (χ4n) is 2.12. The van der Waals surface area contributed by atoms with Gasteiger partial charge >= 0.3 is 0 Å². The standard InChI is InChI=1S/C17H17ClN2O5/c1-24-15-6-5-14(20(22)23)10-16(15)25-11-17(21)19-8-7-12-3-2-4-13(18)9-12/h2-6,9-10H,7-8,11H2,1H3,(H,19,21). The third-order valence-corrected chi connectivity index (χ3v) is 3.58. The van der Waals surface area contributed by atoms with Crippen LogP contribution < -0.4 is 14.8 Å². The molecule has 8 heteroatoms. The number of halogens is 1. The van der Waals surface area contributed by atoms with E-state index in [0.717, 1.165) is 5.56 Å². The summed E-state index contributed by atoms with van der Waals surface area (Å²) >= 11 is 5.90. The van der Waals surface area contributed by atoms with Crippen LogP contribution in [-0.2, 0) is 11.2 Å². The monoisotopic (exact) mass is 364 g/mol. The molecule has 0 fully saturated rings. The molecule has 0 unspecified atom stereocenters. The Hall–Kier alpha value is -2.80. The van der Waals surface area contributed by atoms with Crippen LogP contribution in [0.15, 0.2) is 42.5 Å². The summed E-state index contributed by atoms with van der Waals surface area (Å²) in [5.74, 6) is 0.120. The Kier molecular flexibility index (Phi) is 6.59. The van der Waals surface area contributed by atoms with Crippen LogP contribution in [0.5, 0.6) is 11.5 Å². The third kappa shape index (κ3) is 5.65. The Morgan fingerprint density at radius 1 is 1.24 bits per heavy atom. The molecular weight excluding hydrogens is 348 g/mol. The molecule has 1 N–H and O–H groups in total. The third-order valence-electron chi connectivity index (χ3n) is 3.34. The number of nitrogens with zero attached hydrogens (tertiary/aromatic N) is 1. The maximum Gasteiger partial charge on any atom is 0.273 e. The van der Waals surface area contributed by atoms with Gasteiger partial charge in [-0.1, -0.05) is 23.7 Å². The molecule has 132 valence electrons. The van der Waals surface area contributed by atoms with E-state index in [2.05, 4.69) is 5.32 Å². The molecule has 1 amide bonds. The summed E-state index contributed by atoms with van der Waals surface area (Å²) in [6.45, 7) is 0.154. The number of carbonyl (C=O) groups is 1. The van der Waals surface area contributed by atoms with Crippen molar-refractivity contribution in [3.05, 3.63) is 63.2 Å². The number of rotatable bonds is 8. The SMILES string of the molecule is COc1ccc([N+](=O)[O-])cc1OCC(=O)NCCc1cccc(Cl)c1. The van der Waals surface area contributed by atoms with E-state index in [0.29, 0.717) is 23.7 Å². The molecule has 0 saturated carbocycles. The van der Waals surface area contributed by atoms with E-state index >= 15 is 0 Å². The maximum absolute atomic E-state index is 11.9. The normalized spacial score (nSPS) is 10.2. The molecule has 0 spiro atoms. The van der Waals surface area contributed by atoms with Gasteiger partial charge in [-0.15, -0.1) is 0 Å². The second-order valence-corrected chi connectivity index (χ2v) is 5.55. The van der Waals surface area contributed by atoms with Crippen LogP contribution in [0.4, 0.5) is 5.69 Å². The highest BCUT2D eigenvalue weighted by molar-refractivity contribution is 6.30. The Morgan fingerprint density at radius 3 is 2.72 bits per heavy atom.